The number of methoxy groups -OCH3 is 1. The highest BCUT2D eigenvalue weighted by atomic mass is 32.1. The summed E-state index contributed by atoms with van der Waals surface area (Å²) in [4.78, 5) is 28.0. The summed E-state index contributed by atoms with van der Waals surface area (Å²) < 4.78 is 10.3. The minimum absolute atomic E-state index is 0.250. The molecule has 0 saturated heterocycles. The van der Waals surface area contributed by atoms with E-state index in [0.717, 1.165) is 11.3 Å². The third-order valence-corrected chi connectivity index (χ3v) is 4.11. The first-order valence-corrected chi connectivity index (χ1v) is 8.24. The van der Waals surface area contributed by atoms with Crippen molar-refractivity contribution in [2.24, 2.45) is 0 Å². The Morgan fingerprint density at radius 3 is 2.54 bits per heavy atom. The van der Waals surface area contributed by atoms with E-state index in [1.807, 2.05) is 31.2 Å². The van der Waals surface area contributed by atoms with Crippen LogP contribution in [-0.2, 0) is 16.1 Å². The molecule has 1 N–H and O–H groups in total. The molecule has 1 heterocycles. The van der Waals surface area contributed by atoms with E-state index in [9.17, 15) is 9.59 Å². The highest BCUT2D eigenvalue weighted by molar-refractivity contribution is 7.09. The van der Waals surface area contributed by atoms with Gasteiger partial charge in [0.25, 0.3) is 5.91 Å². The lowest BCUT2D eigenvalue weighted by Crippen LogP contribution is -2.50. The van der Waals surface area contributed by atoms with Crippen molar-refractivity contribution in [3.8, 4) is 5.75 Å². The number of benzene rings is 1. The second-order valence-electron chi connectivity index (χ2n) is 5.80. The number of aryl methyl sites for hydroxylation is 1. The monoisotopic (exact) mass is 348 g/mol. The largest absolute Gasteiger partial charge is 0.486 e. The standard InChI is InChI=1S/C17H20N2O4S/c1-11-5-7-12(8-6-11)23-9-14-18-13(10-24-14)15(20)19-17(2,3)16(21)22-4/h5-8,10H,9H2,1-4H3,(H,19,20). The summed E-state index contributed by atoms with van der Waals surface area (Å²) in [6.07, 6.45) is 0. The van der Waals surface area contributed by atoms with Gasteiger partial charge in [0.05, 0.1) is 7.11 Å². The summed E-state index contributed by atoms with van der Waals surface area (Å²) in [6, 6.07) is 7.70. The zero-order valence-electron chi connectivity index (χ0n) is 14.1. The van der Waals surface area contributed by atoms with E-state index < -0.39 is 17.4 Å². The number of nitrogens with one attached hydrogen (secondary N) is 1. The van der Waals surface area contributed by atoms with Gasteiger partial charge in [-0.05, 0) is 32.9 Å². The van der Waals surface area contributed by atoms with Crippen LogP contribution in [-0.4, -0.2) is 29.5 Å². The molecule has 0 aliphatic rings. The fraction of sp³-hybridized carbons (Fsp3) is 0.353. The van der Waals surface area contributed by atoms with E-state index in [-0.39, 0.29) is 12.3 Å². The zero-order chi connectivity index (χ0) is 17.7. The molecule has 24 heavy (non-hydrogen) atoms. The first-order chi connectivity index (χ1) is 11.3. The van der Waals surface area contributed by atoms with Crippen molar-refractivity contribution in [3.05, 3.63) is 45.9 Å². The molecule has 0 unspecified atom stereocenters. The molecule has 7 heteroatoms. The number of carbonyl (C=O) groups excluding carboxylic acids is 2. The van der Waals surface area contributed by atoms with Gasteiger partial charge in [0.15, 0.2) is 0 Å². The van der Waals surface area contributed by atoms with E-state index in [2.05, 4.69) is 15.0 Å². The maximum Gasteiger partial charge on any atom is 0.330 e. The van der Waals surface area contributed by atoms with Crippen LogP contribution in [0.2, 0.25) is 0 Å². The van der Waals surface area contributed by atoms with Crippen molar-refractivity contribution in [1.29, 1.82) is 0 Å². The zero-order valence-corrected chi connectivity index (χ0v) is 14.9. The van der Waals surface area contributed by atoms with E-state index in [1.54, 1.807) is 19.2 Å². The molecule has 128 valence electrons. The van der Waals surface area contributed by atoms with Crippen molar-refractivity contribution in [1.82, 2.24) is 10.3 Å². The molecule has 0 atom stereocenters. The third kappa shape index (κ3) is 4.55. The Kier molecular flexibility index (Phi) is 5.56. The quantitative estimate of drug-likeness (QED) is 0.812. The average Bonchev–Trinajstić information content (AvgIpc) is 3.02. The minimum atomic E-state index is -1.12. The lowest BCUT2D eigenvalue weighted by atomic mass is 10.1. The van der Waals surface area contributed by atoms with Gasteiger partial charge in [-0.1, -0.05) is 17.7 Å². The molecule has 1 amide bonds. The molecule has 1 aromatic carbocycles. The number of aromatic nitrogens is 1. The van der Waals surface area contributed by atoms with Crippen LogP contribution in [0.3, 0.4) is 0 Å². The van der Waals surface area contributed by atoms with Crippen LogP contribution in [0.5, 0.6) is 5.75 Å². The molecule has 0 radical (unpaired) electrons. The Labute approximate surface area is 144 Å². The van der Waals surface area contributed by atoms with Gasteiger partial charge >= 0.3 is 5.97 Å². The number of hydrogen-bond donors (Lipinski definition) is 1. The maximum absolute atomic E-state index is 12.2. The van der Waals surface area contributed by atoms with Gasteiger partial charge in [0.1, 0.15) is 28.6 Å². The Hall–Kier alpha value is -2.41. The Balaban J connectivity index is 1.96. The van der Waals surface area contributed by atoms with Crippen LogP contribution in [0.1, 0.15) is 34.9 Å². The van der Waals surface area contributed by atoms with Crippen LogP contribution >= 0.6 is 11.3 Å². The summed E-state index contributed by atoms with van der Waals surface area (Å²) in [6.45, 7) is 5.43. The number of ether oxygens (including phenoxy) is 2. The Morgan fingerprint density at radius 2 is 1.92 bits per heavy atom. The number of esters is 1. The van der Waals surface area contributed by atoms with Crippen molar-refractivity contribution in [3.63, 3.8) is 0 Å². The Morgan fingerprint density at radius 1 is 1.25 bits per heavy atom. The number of rotatable bonds is 6. The van der Waals surface area contributed by atoms with Gasteiger partial charge in [-0.25, -0.2) is 9.78 Å². The topological polar surface area (TPSA) is 77.5 Å². The van der Waals surface area contributed by atoms with E-state index >= 15 is 0 Å². The molecular weight excluding hydrogens is 328 g/mol. The number of amides is 1. The fourth-order valence-corrected chi connectivity index (χ4v) is 2.60. The highest BCUT2D eigenvalue weighted by Crippen LogP contribution is 2.16. The van der Waals surface area contributed by atoms with E-state index in [0.29, 0.717) is 5.01 Å². The molecule has 0 aliphatic heterocycles. The Bertz CT molecular complexity index is 722. The average molecular weight is 348 g/mol. The molecule has 0 fully saturated rings. The van der Waals surface area contributed by atoms with Crippen molar-refractivity contribution in [2.45, 2.75) is 32.9 Å². The molecule has 2 rings (SSSR count). The normalized spacial score (nSPS) is 11.0. The minimum Gasteiger partial charge on any atom is -0.486 e. The van der Waals surface area contributed by atoms with E-state index in [4.69, 9.17) is 4.74 Å². The predicted molar refractivity (Wildman–Crippen MR) is 91.2 cm³/mol. The smallest absolute Gasteiger partial charge is 0.330 e. The van der Waals surface area contributed by atoms with Crippen molar-refractivity contribution in [2.75, 3.05) is 7.11 Å². The lowest BCUT2D eigenvalue weighted by Gasteiger charge is -2.22. The van der Waals surface area contributed by atoms with Crippen LogP contribution < -0.4 is 10.1 Å². The van der Waals surface area contributed by atoms with Gasteiger partial charge in [-0.15, -0.1) is 11.3 Å². The second-order valence-corrected chi connectivity index (χ2v) is 6.74. The van der Waals surface area contributed by atoms with Gasteiger partial charge in [-0.3, -0.25) is 4.79 Å². The summed E-state index contributed by atoms with van der Waals surface area (Å²) in [5.74, 6) is -0.203. The van der Waals surface area contributed by atoms with Gasteiger partial charge < -0.3 is 14.8 Å². The highest BCUT2D eigenvalue weighted by Gasteiger charge is 2.31. The molecule has 6 nitrogen and oxygen atoms in total. The maximum atomic E-state index is 12.2. The van der Waals surface area contributed by atoms with Gasteiger partial charge in [-0.2, -0.15) is 0 Å². The van der Waals surface area contributed by atoms with Gasteiger partial charge in [0, 0.05) is 5.38 Å². The third-order valence-electron chi connectivity index (χ3n) is 3.29. The SMILES string of the molecule is COC(=O)C(C)(C)NC(=O)c1csc(COc2ccc(C)cc2)n1. The predicted octanol–water partition coefficient (Wildman–Crippen LogP) is 2.71. The summed E-state index contributed by atoms with van der Waals surface area (Å²) in [5.41, 5.74) is 0.289. The molecule has 0 saturated carbocycles. The first kappa shape index (κ1) is 17.9. The molecule has 0 bridgehead atoms. The number of hydrogen-bond acceptors (Lipinski definition) is 6. The second kappa shape index (κ2) is 7.44. The number of carbonyl (C=O) groups is 2. The van der Waals surface area contributed by atoms with Crippen LogP contribution in [0.4, 0.5) is 0 Å². The fourth-order valence-electron chi connectivity index (χ4n) is 1.92. The molecule has 0 aliphatic carbocycles. The molecule has 0 spiro atoms. The lowest BCUT2D eigenvalue weighted by molar-refractivity contribution is -0.146. The van der Waals surface area contributed by atoms with Crippen molar-refractivity contribution < 1.29 is 19.1 Å². The van der Waals surface area contributed by atoms with Crippen LogP contribution in [0.15, 0.2) is 29.6 Å². The number of thiazole rings is 1. The first-order valence-electron chi connectivity index (χ1n) is 7.36. The summed E-state index contributed by atoms with van der Waals surface area (Å²) >= 11 is 1.33. The van der Waals surface area contributed by atoms with Crippen LogP contribution in [0.25, 0.3) is 0 Å². The molecule has 1 aromatic heterocycles. The van der Waals surface area contributed by atoms with Crippen molar-refractivity contribution >= 4 is 23.2 Å². The molecule has 2 aromatic rings. The van der Waals surface area contributed by atoms with Crippen LogP contribution in [0, 0.1) is 6.92 Å². The van der Waals surface area contributed by atoms with E-state index in [1.165, 1.54) is 18.4 Å². The summed E-state index contributed by atoms with van der Waals surface area (Å²) in [7, 11) is 1.28. The summed E-state index contributed by atoms with van der Waals surface area (Å²) in [5, 5.41) is 4.92. The number of nitrogens with zero attached hydrogens (tertiary/aromatic N) is 1. The molecular formula is C17H20N2O4S. The van der Waals surface area contributed by atoms with Gasteiger partial charge in [0.2, 0.25) is 0 Å².